The van der Waals surface area contributed by atoms with Gasteiger partial charge in [0, 0.05) is 24.7 Å². The summed E-state index contributed by atoms with van der Waals surface area (Å²) < 4.78 is 28.2. The van der Waals surface area contributed by atoms with Crippen molar-refractivity contribution in [1.82, 2.24) is 4.90 Å². The third-order valence-electron chi connectivity index (χ3n) is 4.44. The molecule has 0 spiro atoms. The molecule has 0 bridgehead atoms. The highest BCUT2D eigenvalue weighted by Gasteiger charge is 2.31. The average Bonchev–Trinajstić information content (AvgIpc) is 3.31. The number of anilines is 1. The Balaban J connectivity index is 1.38. The summed E-state index contributed by atoms with van der Waals surface area (Å²) in [6.07, 6.45) is 5.66. The van der Waals surface area contributed by atoms with E-state index in [1.54, 1.807) is 29.4 Å². The van der Waals surface area contributed by atoms with Crippen LogP contribution < -0.4 is 10.5 Å². The maximum absolute atomic E-state index is 12.5. The first-order valence-corrected chi connectivity index (χ1v) is 12.2. The number of nitrogens with two attached hydrogens (primary N) is 1. The summed E-state index contributed by atoms with van der Waals surface area (Å²) in [6.45, 7) is 0.497. The Kier molecular flexibility index (Phi) is 7.65. The van der Waals surface area contributed by atoms with E-state index in [9.17, 15) is 18.0 Å². The van der Waals surface area contributed by atoms with Crippen molar-refractivity contribution >= 4 is 61.9 Å². The predicted molar refractivity (Wildman–Crippen MR) is 123 cm³/mol. The number of nitrogens with one attached hydrogen (secondary N) is 1. The normalized spacial score (nSPS) is 15.6. The maximum atomic E-state index is 12.5. The molecule has 1 saturated heterocycles. The second kappa shape index (κ2) is 10.2. The Labute approximate surface area is 189 Å². The van der Waals surface area contributed by atoms with Crippen molar-refractivity contribution in [3.63, 3.8) is 0 Å². The molecule has 3 rings (SSSR count). The monoisotopic (exact) mass is 479 g/mol. The molecule has 0 saturated carbocycles. The summed E-state index contributed by atoms with van der Waals surface area (Å²) in [7, 11) is -3.76. The SMILES string of the molecule is NS(=O)(=O)c1ccc(NC(=O)CCCCCN2C(=O)/C(=C/c3ccco3)SC2=S)cc1. The molecule has 0 aliphatic carbocycles. The van der Waals surface area contributed by atoms with E-state index in [1.807, 2.05) is 0 Å². The highest BCUT2D eigenvalue weighted by Crippen LogP contribution is 2.32. The van der Waals surface area contributed by atoms with Gasteiger partial charge in [-0.25, -0.2) is 13.6 Å². The van der Waals surface area contributed by atoms with Crippen LogP contribution in [0.15, 0.2) is 56.9 Å². The molecule has 1 aliphatic rings. The molecule has 1 aromatic carbocycles. The molecule has 2 aromatic rings. The zero-order valence-corrected chi connectivity index (χ0v) is 18.9. The molecule has 1 aliphatic heterocycles. The first-order valence-electron chi connectivity index (χ1n) is 9.45. The number of unbranched alkanes of at least 4 members (excludes halogenated alkanes) is 2. The quantitative estimate of drug-likeness (QED) is 0.321. The summed E-state index contributed by atoms with van der Waals surface area (Å²) in [6, 6.07) is 9.18. The lowest BCUT2D eigenvalue weighted by molar-refractivity contribution is -0.122. The third kappa shape index (κ3) is 6.50. The predicted octanol–water partition coefficient (Wildman–Crippen LogP) is 3.33. The molecule has 11 heteroatoms. The van der Waals surface area contributed by atoms with Crippen molar-refractivity contribution in [3.05, 3.63) is 53.3 Å². The molecular formula is C20H21N3O5S3. The van der Waals surface area contributed by atoms with E-state index in [0.29, 0.717) is 40.1 Å². The van der Waals surface area contributed by atoms with Gasteiger partial charge >= 0.3 is 0 Å². The second-order valence-electron chi connectivity index (χ2n) is 6.78. The lowest BCUT2D eigenvalue weighted by Gasteiger charge is -2.14. The van der Waals surface area contributed by atoms with Crippen LogP contribution in [0.25, 0.3) is 6.08 Å². The molecule has 1 aromatic heterocycles. The Morgan fingerprint density at radius 1 is 1.19 bits per heavy atom. The number of amides is 2. The maximum Gasteiger partial charge on any atom is 0.266 e. The molecule has 1 fully saturated rings. The number of carbonyl (C=O) groups excluding carboxylic acids is 2. The van der Waals surface area contributed by atoms with Crippen molar-refractivity contribution in [2.45, 2.75) is 30.6 Å². The van der Waals surface area contributed by atoms with Crippen molar-refractivity contribution in [1.29, 1.82) is 0 Å². The molecule has 2 heterocycles. The van der Waals surface area contributed by atoms with E-state index in [4.69, 9.17) is 21.8 Å². The number of thioether (sulfide) groups is 1. The minimum absolute atomic E-state index is 0.0137. The number of carbonyl (C=O) groups is 2. The van der Waals surface area contributed by atoms with Gasteiger partial charge in [-0.2, -0.15) is 0 Å². The smallest absolute Gasteiger partial charge is 0.266 e. The third-order valence-corrected chi connectivity index (χ3v) is 6.75. The zero-order valence-electron chi connectivity index (χ0n) is 16.4. The van der Waals surface area contributed by atoms with E-state index in [2.05, 4.69) is 5.32 Å². The summed E-state index contributed by atoms with van der Waals surface area (Å²) in [4.78, 5) is 26.6. The van der Waals surface area contributed by atoms with Gasteiger partial charge in [0.1, 0.15) is 10.1 Å². The van der Waals surface area contributed by atoms with Crippen molar-refractivity contribution in [2.75, 3.05) is 11.9 Å². The van der Waals surface area contributed by atoms with Gasteiger partial charge in [0.2, 0.25) is 15.9 Å². The fraction of sp³-hybridized carbons (Fsp3) is 0.250. The van der Waals surface area contributed by atoms with Crippen LogP contribution in [0.5, 0.6) is 0 Å². The molecule has 8 nitrogen and oxygen atoms in total. The number of primary sulfonamides is 1. The van der Waals surface area contributed by atoms with Gasteiger partial charge in [0.05, 0.1) is 16.1 Å². The Bertz CT molecular complexity index is 1090. The first kappa shape index (κ1) is 23.2. The van der Waals surface area contributed by atoms with Gasteiger partial charge in [-0.1, -0.05) is 30.4 Å². The molecule has 31 heavy (non-hydrogen) atoms. The molecule has 2 amide bonds. The number of sulfonamides is 1. The van der Waals surface area contributed by atoms with Crippen LogP contribution in [-0.4, -0.2) is 36.0 Å². The summed E-state index contributed by atoms with van der Waals surface area (Å²) in [5.41, 5.74) is 0.498. The van der Waals surface area contributed by atoms with Crippen LogP contribution in [0.2, 0.25) is 0 Å². The van der Waals surface area contributed by atoms with Gasteiger partial charge in [0.25, 0.3) is 5.91 Å². The molecule has 0 radical (unpaired) electrons. The number of rotatable bonds is 9. The van der Waals surface area contributed by atoms with E-state index in [-0.39, 0.29) is 16.7 Å². The van der Waals surface area contributed by atoms with Crippen LogP contribution in [0.1, 0.15) is 31.4 Å². The summed E-state index contributed by atoms with van der Waals surface area (Å²) >= 11 is 6.55. The fourth-order valence-corrected chi connectivity index (χ4v) is 4.68. The number of thiocarbonyl (C=S) groups is 1. The van der Waals surface area contributed by atoms with E-state index in [0.717, 1.165) is 12.8 Å². The van der Waals surface area contributed by atoms with Gasteiger partial charge in [-0.3, -0.25) is 14.5 Å². The lowest BCUT2D eigenvalue weighted by Crippen LogP contribution is -2.29. The molecule has 0 atom stereocenters. The molecular weight excluding hydrogens is 458 g/mol. The molecule has 164 valence electrons. The van der Waals surface area contributed by atoms with Crippen molar-refractivity contribution in [2.24, 2.45) is 5.14 Å². The largest absolute Gasteiger partial charge is 0.465 e. The number of hydrogen-bond acceptors (Lipinski definition) is 7. The number of benzene rings is 1. The highest BCUT2D eigenvalue weighted by atomic mass is 32.2. The fourth-order valence-electron chi connectivity index (χ4n) is 2.88. The zero-order chi connectivity index (χ0) is 22.4. The van der Waals surface area contributed by atoms with Crippen molar-refractivity contribution < 1.29 is 22.4 Å². The van der Waals surface area contributed by atoms with Crippen LogP contribution in [-0.2, 0) is 19.6 Å². The van der Waals surface area contributed by atoms with Crippen LogP contribution in [0.4, 0.5) is 5.69 Å². The number of furan rings is 1. The van der Waals surface area contributed by atoms with Crippen LogP contribution >= 0.6 is 24.0 Å². The van der Waals surface area contributed by atoms with E-state index >= 15 is 0 Å². The Morgan fingerprint density at radius 3 is 2.58 bits per heavy atom. The van der Waals surface area contributed by atoms with Crippen LogP contribution in [0.3, 0.4) is 0 Å². The first-order chi connectivity index (χ1) is 14.7. The standard InChI is InChI=1S/C20H21N3O5S3/c21-31(26,27)16-9-7-14(8-10-16)22-18(24)6-2-1-3-11-23-19(25)17(30-20(23)29)13-15-5-4-12-28-15/h4-5,7-10,12-13H,1-3,6,11H2,(H,22,24)(H2,21,26,27)/b17-13-. The van der Waals surface area contributed by atoms with Crippen molar-refractivity contribution in [3.8, 4) is 0 Å². The van der Waals surface area contributed by atoms with Gasteiger partial charge in [-0.05, 0) is 49.2 Å². The molecule has 0 unspecified atom stereocenters. The van der Waals surface area contributed by atoms with Gasteiger partial charge < -0.3 is 9.73 Å². The topological polar surface area (TPSA) is 123 Å². The number of hydrogen-bond donors (Lipinski definition) is 2. The molecule has 3 N–H and O–H groups in total. The summed E-state index contributed by atoms with van der Waals surface area (Å²) in [5, 5.41) is 7.76. The van der Waals surface area contributed by atoms with E-state index in [1.165, 1.54) is 36.0 Å². The minimum Gasteiger partial charge on any atom is -0.465 e. The average molecular weight is 480 g/mol. The van der Waals surface area contributed by atoms with Gasteiger partial charge in [-0.15, -0.1) is 0 Å². The second-order valence-corrected chi connectivity index (χ2v) is 10.0. The van der Waals surface area contributed by atoms with Crippen LogP contribution in [0, 0.1) is 0 Å². The number of nitrogens with zero attached hydrogens (tertiary/aromatic N) is 1. The van der Waals surface area contributed by atoms with E-state index < -0.39 is 10.0 Å². The Hall–Kier alpha value is -2.47. The minimum atomic E-state index is -3.76. The lowest BCUT2D eigenvalue weighted by atomic mass is 10.1. The Morgan fingerprint density at radius 2 is 1.94 bits per heavy atom. The van der Waals surface area contributed by atoms with Gasteiger partial charge in [0.15, 0.2) is 0 Å². The summed E-state index contributed by atoms with van der Waals surface area (Å²) in [5.74, 6) is 0.299. The highest BCUT2D eigenvalue weighted by molar-refractivity contribution is 8.26.